The summed E-state index contributed by atoms with van der Waals surface area (Å²) in [5.41, 5.74) is 0.176. The molecule has 0 spiro atoms. The summed E-state index contributed by atoms with van der Waals surface area (Å²) in [6.07, 6.45) is 0. The van der Waals surface area contributed by atoms with Crippen LogP contribution < -0.4 is 5.32 Å². The van der Waals surface area contributed by atoms with E-state index < -0.39 is 17.1 Å². The van der Waals surface area contributed by atoms with Gasteiger partial charge in [-0.3, -0.25) is 0 Å². The van der Waals surface area contributed by atoms with Crippen molar-refractivity contribution in [1.82, 2.24) is 5.32 Å². The summed E-state index contributed by atoms with van der Waals surface area (Å²) in [4.78, 5) is 0. The van der Waals surface area contributed by atoms with Crippen LogP contribution in [-0.4, -0.2) is 18.7 Å². The molecular formula is C10H15Cl4NOPd. The van der Waals surface area contributed by atoms with Crippen LogP contribution in [0.15, 0.2) is 30.3 Å². The van der Waals surface area contributed by atoms with Crippen LogP contribution in [0, 0.1) is 0 Å². The summed E-state index contributed by atoms with van der Waals surface area (Å²) in [6.45, 7) is 2.37. The molecule has 104 valence electrons. The van der Waals surface area contributed by atoms with E-state index in [0.717, 1.165) is 5.56 Å². The Morgan fingerprint density at radius 1 is 1.18 bits per heavy atom. The van der Waals surface area contributed by atoms with Gasteiger partial charge in [0.15, 0.2) is 0 Å². The second-order valence-electron chi connectivity index (χ2n) is 3.44. The van der Waals surface area contributed by atoms with Gasteiger partial charge in [-0.1, -0.05) is 30.3 Å². The molecule has 1 aromatic carbocycles. The number of likely N-dealkylation sites (N-methyl/N-ethyl adjacent to an activating group) is 1. The SMILES string of the molecule is CNCC(C)(O)c1ccccc1.[Cl][Pd]([Cl])([Cl])[Cl]. The van der Waals surface area contributed by atoms with Gasteiger partial charge < -0.3 is 10.4 Å². The zero-order valence-corrected chi connectivity index (χ0v) is 13.9. The monoisotopic (exact) mass is 411 g/mol. The van der Waals surface area contributed by atoms with Gasteiger partial charge in [0, 0.05) is 6.54 Å². The van der Waals surface area contributed by atoms with E-state index in [1.54, 1.807) is 6.92 Å². The fourth-order valence-electron chi connectivity index (χ4n) is 1.24. The van der Waals surface area contributed by atoms with Gasteiger partial charge in [-0.25, -0.2) is 0 Å². The Morgan fingerprint density at radius 2 is 1.59 bits per heavy atom. The molecule has 0 radical (unpaired) electrons. The Bertz CT molecular complexity index is 310. The minimum atomic E-state index is -2.81. The standard InChI is InChI=1S/C10H15NO.4ClH.Pd/c1-10(12,8-11-2)9-6-4-3-5-7-9;;;;;/h3-7,11-12H,8H2,1-2H3;4*1H;/q;;;;;+4/p-4. The molecule has 0 bridgehead atoms. The van der Waals surface area contributed by atoms with Gasteiger partial charge in [0.05, 0.1) is 5.60 Å². The fourth-order valence-corrected chi connectivity index (χ4v) is 1.24. The van der Waals surface area contributed by atoms with Crippen LogP contribution in [0.5, 0.6) is 0 Å². The zero-order chi connectivity index (χ0) is 13.5. The van der Waals surface area contributed by atoms with Crippen LogP contribution in [0.2, 0.25) is 0 Å². The third-order valence-corrected chi connectivity index (χ3v) is 1.92. The Balaban J connectivity index is 0.000000437. The Kier molecular flexibility index (Phi) is 8.66. The summed E-state index contributed by atoms with van der Waals surface area (Å²) in [5, 5.41) is 12.9. The van der Waals surface area contributed by atoms with Crippen molar-refractivity contribution in [2.24, 2.45) is 0 Å². The number of halogens is 4. The average molecular weight is 413 g/mol. The third-order valence-electron chi connectivity index (χ3n) is 1.92. The van der Waals surface area contributed by atoms with E-state index >= 15 is 0 Å². The maximum atomic E-state index is 9.92. The van der Waals surface area contributed by atoms with Gasteiger partial charge in [-0.2, -0.15) is 0 Å². The van der Waals surface area contributed by atoms with Crippen molar-refractivity contribution < 1.29 is 16.6 Å². The molecule has 1 atom stereocenters. The van der Waals surface area contributed by atoms with Crippen molar-refractivity contribution in [3.05, 3.63) is 35.9 Å². The van der Waals surface area contributed by atoms with Gasteiger partial charge in [-0.15, -0.1) is 0 Å². The average Bonchev–Trinajstić information content (AvgIpc) is 2.16. The molecule has 0 aliphatic carbocycles. The first-order chi connectivity index (χ1) is 7.67. The molecule has 0 aromatic heterocycles. The predicted octanol–water partition coefficient (Wildman–Crippen LogP) is 3.87. The fraction of sp³-hybridized carbons (Fsp3) is 0.400. The Morgan fingerprint density at radius 3 is 1.94 bits per heavy atom. The third kappa shape index (κ3) is 10.6. The number of nitrogens with one attached hydrogen (secondary N) is 1. The van der Waals surface area contributed by atoms with E-state index in [0.29, 0.717) is 6.54 Å². The van der Waals surface area contributed by atoms with Gasteiger partial charge in [0.2, 0.25) is 0 Å². The number of rotatable bonds is 3. The van der Waals surface area contributed by atoms with Crippen molar-refractivity contribution in [3.63, 3.8) is 0 Å². The van der Waals surface area contributed by atoms with E-state index in [1.807, 2.05) is 37.4 Å². The molecule has 2 nitrogen and oxygen atoms in total. The first-order valence-corrected chi connectivity index (χ1v) is 12.6. The second-order valence-corrected chi connectivity index (χ2v) is 17.6. The first kappa shape index (κ1) is 18.0. The molecule has 7 heteroatoms. The quantitative estimate of drug-likeness (QED) is 0.738. The number of hydrogen-bond donors (Lipinski definition) is 2. The normalized spacial score (nSPS) is 15.5. The number of aliphatic hydroxyl groups is 1. The molecule has 0 aliphatic rings. The molecule has 0 heterocycles. The number of benzene rings is 1. The van der Waals surface area contributed by atoms with Crippen molar-refractivity contribution in [2.75, 3.05) is 13.6 Å². The molecular weight excluding hydrogens is 398 g/mol. The van der Waals surface area contributed by atoms with Crippen LogP contribution in [0.3, 0.4) is 0 Å². The maximum absolute atomic E-state index is 9.92. The van der Waals surface area contributed by atoms with E-state index in [4.69, 9.17) is 38.1 Å². The molecule has 1 aromatic rings. The van der Waals surface area contributed by atoms with Gasteiger partial charge in [-0.05, 0) is 19.5 Å². The van der Waals surface area contributed by atoms with Gasteiger partial charge in [0.1, 0.15) is 0 Å². The van der Waals surface area contributed by atoms with Crippen LogP contribution in [0.4, 0.5) is 0 Å². The van der Waals surface area contributed by atoms with E-state index in [1.165, 1.54) is 0 Å². The van der Waals surface area contributed by atoms with Crippen molar-refractivity contribution in [2.45, 2.75) is 12.5 Å². The van der Waals surface area contributed by atoms with Crippen LogP contribution in [0.1, 0.15) is 12.5 Å². The Labute approximate surface area is 121 Å². The van der Waals surface area contributed by atoms with E-state index in [2.05, 4.69) is 5.32 Å². The van der Waals surface area contributed by atoms with Crippen molar-refractivity contribution in [1.29, 1.82) is 0 Å². The molecule has 2 N–H and O–H groups in total. The molecule has 1 unspecified atom stereocenters. The van der Waals surface area contributed by atoms with Crippen LogP contribution in [0.25, 0.3) is 0 Å². The molecule has 1 rings (SSSR count). The van der Waals surface area contributed by atoms with E-state index in [9.17, 15) is 5.11 Å². The Hall–Kier alpha value is 0.962. The summed E-state index contributed by atoms with van der Waals surface area (Å²) in [5.74, 6) is 0. The van der Waals surface area contributed by atoms with Crippen LogP contribution >= 0.6 is 38.1 Å². The van der Waals surface area contributed by atoms with Gasteiger partial charge in [0.25, 0.3) is 0 Å². The molecule has 0 saturated carbocycles. The second kappa shape index (κ2) is 8.20. The molecule has 0 saturated heterocycles. The molecule has 0 amide bonds. The topological polar surface area (TPSA) is 32.3 Å². The minimum absolute atomic E-state index is 0.566. The van der Waals surface area contributed by atoms with Crippen LogP contribution in [-0.2, 0) is 17.1 Å². The predicted molar refractivity (Wildman–Crippen MR) is 73.4 cm³/mol. The van der Waals surface area contributed by atoms with Gasteiger partial charge >= 0.3 is 49.6 Å². The summed E-state index contributed by atoms with van der Waals surface area (Å²) >= 11 is -2.81. The first-order valence-electron chi connectivity index (χ1n) is 4.57. The molecule has 17 heavy (non-hydrogen) atoms. The number of hydrogen-bond acceptors (Lipinski definition) is 2. The summed E-state index contributed by atoms with van der Waals surface area (Å²) in [6, 6.07) is 9.66. The molecule has 0 aliphatic heterocycles. The summed E-state index contributed by atoms with van der Waals surface area (Å²) < 4.78 is 0. The van der Waals surface area contributed by atoms with Crippen molar-refractivity contribution in [3.8, 4) is 0 Å². The van der Waals surface area contributed by atoms with Crippen molar-refractivity contribution >= 4 is 38.1 Å². The molecule has 0 fully saturated rings. The zero-order valence-electron chi connectivity index (χ0n) is 9.37. The summed E-state index contributed by atoms with van der Waals surface area (Å²) in [7, 11) is 21.7. The van der Waals surface area contributed by atoms with E-state index in [-0.39, 0.29) is 0 Å².